The smallest absolute Gasteiger partial charge is 0.274 e. The highest BCUT2D eigenvalue weighted by Gasteiger charge is 2.09. The first kappa shape index (κ1) is 18.7. The van der Waals surface area contributed by atoms with Crippen LogP contribution in [0.25, 0.3) is 0 Å². The minimum absolute atomic E-state index is 0.277. The van der Waals surface area contributed by atoms with Crippen LogP contribution in [0.5, 0.6) is 5.75 Å². The van der Waals surface area contributed by atoms with Gasteiger partial charge in [-0.3, -0.25) is 9.78 Å². The monoisotopic (exact) mass is 381 g/mol. The molecule has 1 heterocycles. The number of hydrogen-bond donors (Lipinski definition) is 2. The van der Waals surface area contributed by atoms with Crippen LogP contribution >= 0.6 is 11.6 Å². The average molecular weight is 382 g/mol. The lowest BCUT2D eigenvalue weighted by Crippen LogP contribution is -2.14. The Balaban J connectivity index is 1.63. The van der Waals surface area contributed by atoms with Crippen molar-refractivity contribution in [3.8, 4) is 5.75 Å². The summed E-state index contributed by atoms with van der Waals surface area (Å²) in [5, 5.41) is 6.79. The van der Waals surface area contributed by atoms with E-state index in [0.29, 0.717) is 29.6 Å². The summed E-state index contributed by atoms with van der Waals surface area (Å²) in [6, 6.07) is 18.4. The molecule has 0 bridgehead atoms. The number of carbonyl (C=O) groups is 1. The summed E-state index contributed by atoms with van der Waals surface area (Å²) in [7, 11) is 0. The van der Waals surface area contributed by atoms with Gasteiger partial charge in [0.05, 0.1) is 6.61 Å². The number of pyridine rings is 1. The Hall–Kier alpha value is -3.05. The van der Waals surface area contributed by atoms with Crippen molar-refractivity contribution < 1.29 is 9.53 Å². The molecule has 5 nitrogen and oxygen atoms in total. The summed E-state index contributed by atoms with van der Waals surface area (Å²) in [5.41, 5.74) is 2.78. The van der Waals surface area contributed by atoms with Crippen molar-refractivity contribution in [3.05, 3.63) is 83.1 Å². The molecule has 3 rings (SSSR count). The molecule has 0 saturated carbocycles. The molecule has 0 unspecified atom stereocenters. The minimum atomic E-state index is -0.277. The Morgan fingerprint density at radius 3 is 2.59 bits per heavy atom. The fourth-order valence-corrected chi connectivity index (χ4v) is 2.70. The Morgan fingerprint density at radius 2 is 1.85 bits per heavy atom. The standard InChI is InChI=1S/C21H20ClN3O2/c1-2-27-18-9-7-16(8-10-18)25-21(26)20-13-17(11-12-23-20)24-14-15-5-3-4-6-19(15)22/h3-13H,2,14H2,1H3,(H,23,24)(H,25,26). The van der Waals surface area contributed by atoms with Gasteiger partial charge in [-0.2, -0.15) is 0 Å². The maximum Gasteiger partial charge on any atom is 0.274 e. The number of carbonyl (C=O) groups excluding carboxylic acids is 1. The maximum absolute atomic E-state index is 12.5. The highest BCUT2D eigenvalue weighted by atomic mass is 35.5. The van der Waals surface area contributed by atoms with Crippen LogP contribution in [0.4, 0.5) is 11.4 Å². The number of anilines is 2. The van der Waals surface area contributed by atoms with Crippen LogP contribution in [0.3, 0.4) is 0 Å². The molecule has 27 heavy (non-hydrogen) atoms. The molecule has 1 aromatic heterocycles. The Kier molecular flexibility index (Phi) is 6.28. The minimum Gasteiger partial charge on any atom is -0.494 e. The molecule has 2 N–H and O–H groups in total. The molecule has 0 aliphatic rings. The van der Waals surface area contributed by atoms with Crippen LogP contribution in [0.2, 0.25) is 5.02 Å². The number of rotatable bonds is 7. The third-order valence-corrected chi connectivity index (χ3v) is 4.23. The largest absolute Gasteiger partial charge is 0.494 e. The van der Waals surface area contributed by atoms with Gasteiger partial charge in [0.15, 0.2) is 0 Å². The molecule has 138 valence electrons. The fourth-order valence-electron chi connectivity index (χ4n) is 2.50. The molecule has 3 aromatic rings. The lowest BCUT2D eigenvalue weighted by molar-refractivity contribution is 0.102. The first-order valence-corrected chi connectivity index (χ1v) is 9.01. The summed E-state index contributed by atoms with van der Waals surface area (Å²) in [6.45, 7) is 3.08. The van der Waals surface area contributed by atoms with Crippen LogP contribution in [0.15, 0.2) is 66.9 Å². The second-order valence-corrected chi connectivity index (χ2v) is 6.19. The van der Waals surface area contributed by atoms with Crippen LogP contribution in [-0.2, 0) is 6.54 Å². The molecule has 0 aliphatic heterocycles. The number of nitrogens with zero attached hydrogens (tertiary/aromatic N) is 1. The topological polar surface area (TPSA) is 63.2 Å². The highest BCUT2D eigenvalue weighted by molar-refractivity contribution is 6.31. The third-order valence-electron chi connectivity index (χ3n) is 3.86. The first-order chi connectivity index (χ1) is 13.2. The summed E-state index contributed by atoms with van der Waals surface area (Å²) in [5.74, 6) is 0.486. The van der Waals surface area contributed by atoms with Gasteiger partial charge in [0.25, 0.3) is 5.91 Å². The molecule has 0 radical (unpaired) electrons. The van der Waals surface area contributed by atoms with Crippen LogP contribution in [-0.4, -0.2) is 17.5 Å². The van der Waals surface area contributed by atoms with Crippen LogP contribution in [0, 0.1) is 0 Å². The van der Waals surface area contributed by atoms with E-state index in [2.05, 4.69) is 15.6 Å². The zero-order chi connectivity index (χ0) is 19.1. The van der Waals surface area contributed by atoms with Gasteiger partial charge < -0.3 is 15.4 Å². The van der Waals surface area contributed by atoms with Gasteiger partial charge in [-0.1, -0.05) is 29.8 Å². The van der Waals surface area contributed by atoms with Gasteiger partial charge in [-0.05, 0) is 55.0 Å². The number of halogens is 1. The van der Waals surface area contributed by atoms with E-state index in [1.165, 1.54) is 0 Å². The van der Waals surface area contributed by atoms with Crippen molar-refractivity contribution >= 4 is 28.9 Å². The van der Waals surface area contributed by atoms with Crippen LogP contribution in [0.1, 0.15) is 23.0 Å². The average Bonchev–Trinajstić information content (AvgIpc) is 2.69. The van der Waals surface area contributed by atoms with Gasteiger partial charge in [0.1, 0.15) is 11.4 Å². The normalized spacial score (nSPS) is 10.3. The fraction of sp³-hybridized carbons (Fsp3) is 0.143. The van der Waals surface area contributed by atoms with Gasteiger partial charge in [0, 0.05) is 29.1 Å². The molecular formula is C21H20ClN3O2. The number of aromatic nitrogens is 1. The van der Waals surface area contributed by atoms with E-state index < -0.39 is 0 Å². The predicted octanol–water partition coefficient (Wildman–Crippen LogP) is 5.00. The van der Waals surface area contributed by atoms with Crippen molar-refractivity contribution in [1.29, 1.82) is 0 Å². The summed E-state index contributed by atoms with van der Waals surface area (Å²) >= 11 is 6.17. The molecular weight excluding hydrogens is 362 g/mol. The molecule has 0 fully saturated rings. The Labute approximate surface area is 163 Å². The SMILES string of the molecule is CCOc1ccc(NC(=O)c2cc(NCc3ccccc3Cl)ccn2)cc1. The number of amides is 1. The van der Waals surface area contributed by atoms with E-state index in [4.69, 9.17) is 16.3 Å². The van der Waals surface area contributed by atoms with Crippen molar-refractivity contribution in [2.45, 2.75) is 13.5 Å². The lowest BCUT2D eigenvalue weighted by Gasteiger charge is -2.10. The first-order valence-electron chi connectivity index (χ1n) is 8.63. The van der Waals surface area contributed by atoms with E-state index >= 15 is 0 Å². The van der Waals surface area contributed by atoms with E-state index in [0.717, 1.165) is 17.0 Å². The van der Waals surface area contributed by atoms with Crippen molar-refractivity contribution in [1.82, 2.24) is 4.98 Å². The van der Waals surface area contributed by atoms with Crippen molar-refractivity contribution in [3.63, 3.8) is 0 Å². The maximum atomic E-state index is 12.5. The predicted molar refractivity (Wildman–Crippen MR) is 109 cm³/mol. The van der Waals surface area contributed by atoms with Gasteiger partial charge >= 0.3 is 0 Å². The van der Waals surface area contributed by atoms with E-state index in [1.54, 1.807) is 24.4 Å². The number of hydrogen-bond acceptors (Lipinski definition) is 4. The van der Waals surface area contributed by atoms with Crippen molar-refractivity contribution in [2.24, 2.45) is 0 Å². The van der Waals surface area contributed by atoms with Gasteiger partial charge in [0.2, 0.25) is 0 Å². The molecule has 0 saturated heterocycles. The lowest BCUT2D eigenvalue weighted by atomic mass is 10.2. The third kappa shape index (κ3) is 5.21. The Bertz CT molecular complexity index is 913. The van der Waals surface area contributed by atoms with Crippen molar-refractivity contribution in [2.75, 3.05) is 17.2 Å². The summed E-state index contributed by atoms with van der Waals surface area (Å²) in [4.78, 5) is 16.6. The van der Waals surface area contributed by atoms with Gasteiger partial charge in [-0.25, -0.2) is 0 Å². The zero-order valence-electron chi connectivity index (χ0n) is 14.9. The molecule has 2 aromatic carbocycles. The zero-order valence-corrected chi connectivity index (χ0v) is 15.7. The number of nitrogens with one attached hydrogen (secondary N) is 2. The molecule has 0 spiro atoms. The Morgan fingerprint density at radius 1 is 1.07 bits per heavy atom. The molecule has 0 aliphatic carbocycles. The molecule has 1 amide bonds. The number of benzene rings is 2. The summed E-state index contributed by atoms with van der Waals surface area (Å²) < 4.78 is 5.40. The quantitative estimate of drug-likeness (QED) is 0.604. The van der Waals surface area contributed by atoms with E-state index in [-0.39, 0.29) is 5.91 Å². The van der Waals surface area contributed by atoms with E-state index in [9.17, 15) is 4.79 Å². The number of ether oxygens (including phenoxy) is 1. The van der Waals surface area contributed by atoms with Gasteiger partial charge in [-0.15, -0.1) is 0 Å². The molecule has 6 heteroatoms. The second-order valence-electron chi connectivity index (χ2n) is 5.79. The second kappa shape index (κ2) is 9.05. The van der Waals surface area contributed by atoms with Crippen LogP contribution < -0.4 is 15.4 Å². The van der Waals surface area contributed by atoms with E-state index in [1.807, 2.05) is 49.4 Å². The molecule has 0 atom stereocenters. The summed E-state index contributed by atoms with van der Waals surface area (Å²) in [6.07, 6.45) is 1.60. The highest BCUT2D eigenvalue weighted by Crippen LogP contribution is 2.19.